The van der Waals surface area contributed by atoms with Gasteiger partial charge in [0.1, 0.15) is 5.82 Å². The summed E-state index contributed by atoms with van der Waals surface area (Å²) in [7, 11) is 1.76. The Balaban J connectivity index is 2.08. The molecule has 0 saturated carbocycles. The second-order valence-corrected chi connectivity index (χ2v) is 4.13. The molecule has 2 aromatic heterocycles. The first-order valence-electron chi connectivity index (χ1n) is 6.06. The molecule has 19 heavy (non-hydrogen) atoms. The van der Waals surface area contributed by atoms with E-state index in [4.69, 9.17) is 0 Å². The summed E-state index contributed by atoms with van der Waals surface area (Å²) in [6.07, 6.45) is 3.32. The summed E-state index contributed by atoms with van der Waals surface area (Å²) in [6, 6.07) is 8.88. The maximum absolute atomic E-state index is 12.1. The molecule has 1 unspecified atom stereocenters. The van der Waals surface area contributed by atoms with Gasteiger partial charge >= 0.3 is 0 Å². The van der Waals surface area contributed by atoms with E-state index in [0.29, 0.717) is 11.4 Å². The van der Waals surface area contributed by atoms with Crippen molar-refractivity contribution in [1.82, 2.24) is 15.3 Å². The minimum Gasteiger partial charge on any atom is -0.373 e. The van der Waals surface area contributed by atoms with Gasteiger partial charge in [0.25, 0.3) is 5.91 Å². The Bertz CT molecular complexity index is 556. The van der Waals surface area contributed by atoms with Gasteiger partial charge in [0.15, 0.2) is 0 Å². The van der Waals surface area contributed by atoms with Crippen molar-refractivity contribution in [1.29, 1.82) is 0 Å². The number of anilines is 1. The standard InChI is InChI=1S/C14H16N4O/c1-10(12-5-3-4-7-16-12)18-14(19)11-6-8-17-13(9-11)15-2/h3-10H,1-2H3,(H,15,17)(H,18,19). The molecule has 2 N–H and O–H groups in total. The number of pyridine rings is 2. The Morgan fingerprint density at radius 1 is 1.21 bits per heavy atom. The summed E-state index contributed by atoms with van der Waals surface area (Å²) in [5.41, 5.74) is 1.40. The summed E-state index contributed by atoms with van der Waals surface area (Å²) < 4.78 is 0. The molecule has 0 saturated heterocycles. The molecule has 2 rings (SSSR count). The number of carbonyl (C=O) groups is 1. The third-order valence-electron chi connectivity index (χ3n) is 2.76. The minimum atomic E-state index is -0.142. The summed E-state index contributed by atoms with van der Waals surface area (Å²) in [4.78, 5) is 20.4. The molecular formula is C14H16N4O. The van der Waals surface area contributed by atoms with Crippen LogP contribution in [0.2, 0.25) is 0 Å². The highest BCUT2D eigenvalue weighted by Crippen LogP contribution is 2.11. The van der Waals surface area contributed by atoms with Crippen LogP contribution >= 0.6 is 0 Å². The average molecular weight is 256 g/mol. The number of nitrogens with zero attached hydrogens (tertiary/aromatic N) is 2. The van der Waals surface area contributed by atoms with Crippen LogP contribution in [0.15, 0.2) is 42.7 Å². The number of hydrogen-bond donors (Lipinski definition) is 2. The maximum atomic E-state index is 12.1. The Morgan fingerprint density at radius 2 is 2.05 bits per heavy atom. The molecule has 5 heteroatoms. The van der Waals surface area contributed by atoms with Gasteiger partial charge in [-0.2, -0.15) is 0 Å². The first-order valence-corrected chi connectivity index (χ1v) is 6.06. The van der Waals surface area contributed by atoms with Gasteiger partial charge in [0, 0.05) is 25.0 Å². The highest BCUT2D eigenvalue weighted by Gasteiger charge is 2.12. The van der Waals surface area contributed by atoms with Crippen LogP contribution < -0.4 is 10.6 Å². The zero-order valence-electron chi connectivity index (χ0n) is 10.9. The van der Waals surface area contributed by atoms with E-state index < -0.39 is 0 Å². The molecule has 2 heterocycles. The van der Waals surface area contributed by atoms with Crippen LogP contribution in [0.1, 0.15) is 29.0 Å². The van der Waals surface area contributed by atoms with Gasteiger partial charge in [0.2, 0.25) is 0 Å². The molecule has 0 aliphatic carbocycles. The number of nitrogens with one attached hydrogen (secondary N) is 2. The van der Waals surface area contributed by atoms with E-state index in [1.165, 1.54) is 0 Å². The van der Waals surface area contributed by atoms with E-state index in [-0.39, 0.29) is 11.9 Å². The van der Waals surface area contributed by atoms with Crippen molar-refractivity contribution in [3.63, 3.8) is 0 Å². The van der Waals surface area contributed by atoms with Crippen molar-refractivity contribution in [2.45, 2.75) is 13.0 Å². The topological polar surface area (TPSA) is 66.9 Å². The smallest absolute Gasteiger partial charge is 0.251 e. The fraction of sp³-hybridized carbons (Fsp3) is 0.214. The highest BCUT2D eigenvalue weighted by molar-refractivity contribution is 5.95. The molecule has 0 aliphatic heterocycles. The van der Waals surface area contributed by atoms with Crippen molar-refractivity contribution >= 4 is 11.7 Å². The maximum Gasteiger partial charge on any atom is 0.251 e. The normalized spacial score (nSPS) is 11.7. The van der Waals surface area contributed by atoms with E-state index in [0.717, 1.165) is 5.69 Å². The average Bonchev–Trinajstić information content (AvgIpc) is 2.48. The van der Waals surface area contributed by atoms with Gasteiger partial charge in [0.05, 0.1) is 11.7 Å². The molecule has 0 aromatic carbocycles. The summed E-state index contributed by atoms with van der Waals surface area (Å²) >= 11 is 0. The second-order valence-electron chi connectivity index (χ2n) is 4.13. The van der Waals surface area contributed by atoms with Crippen molar-refractivity contribution in [3.8, 4) is 0 Å². The molecule has 98 valence electrons. The first-order chi connectivity index (χ1) is 9.20. The quantitative estimate of drug-likeness (QED) is 0.878. The van der Waals surface area contributed by atoms with Gasteiger partial charge in [-0.3, -0.25) is 9.78 Å². The Kier molecular flexibility index (Phi) is 4.07. The zero-order chi connectivity index (χ0) is 13.7. The van der Waals surface area contributed by atoms with Crippen molar-refractivity contribution in [3.05, 3.63) is 54.0 Å². The van der Waals surface area contributed by atoms with Crippen LogP contribution in [0.3, 0.4) is 0 Å². The van der Waals surface area contributed by atoms with E-state index in [1.807, 2.05) is 25.1 Å². The lowest BCUT2D eigenvalue weighted by Crippen LogP contribution is -2.27. The highest BCUT2D eigenvalue weighted by atomic mass is 16.1. The molecule has 1 atom stereocenters. The van der Waals surface area contributed by atoms with Crippen molar-refractivity contribution in [2.24, 2.45) is 0 Å². The van der Waals surface area contributed by atoms with Gasteiger partial charge < -0.3 is 10.6 Å². The molecule has 0 aliphatic rings. The van der Waals surface area contributed by atoms with Crippen LogP contribution in [0, 0.1) is 0 Å². The van der Waals surface area contributed by atoms with Gasteiger partial charge in [-0.05, 0) is 31.2 Å². The fourth-order valence-corrected chi connectivity index (χ4v) is 1.69. The summed E-state index contributed by atoms with van der Waals surface area (Å²) in [6.45, 7) is 1.90. The van der Waals surface area contributed by atoms with Gasteiger partial charge in [-0.15, -0.1) is 0 Å². The predicted octanol–water partition coefficient (Wildman–Crippen LogP) is 2.01. The second kappa shape index (κ2) is 5.95. The van der Waals surface area contributed by atoms with Crippen LogP contribution in [0.25, 0.3) is 0 Å². The monoisotopic (exact) mass is 256 g/mol. The van der Waals surface area contributed by atoms with Crippen LogP contribution in [-0.4, -0.2) is 22.9 Å². The van der Waals surface area contributed by atoms with Crippen molar-refractivity contribution < 1.29 is 4.79 Å². The number of amides is 1. The number of hydrogen-bond acceptors (Lipinski definition) is 4. The molecule has 0 spiro atoms. The molecule has 0 fully saturated rings. The number of rotatable bonds is 4. The largest absolute Gasteiger partial charge is 0.373 e. The minimum absolute atomic E-state index is 0.139. The first kappa shape index (κ1) is 13.0. The van der Waals surface area contributed by atoms with Crippen LogP contribution in [0.5, 0.6) is 0 Å². The van der Waals surface area contributed by atoms with E-state index >= 15 is 0 Å². The third kappa shape index (κ3) is 3.28. The van der Waals surface area contributed by atoms with Crippen LogP contribution in [0.4, 0.5) is 5.82 Å². The van der Waals surface area contributed by atoms with Gasteiger partial charge in [-0.25, -0.2) is 4.98 Å². The Morgan fingerprint density at radius 3 is 2.74 bits per heavy atom. The molecule has 1 amide bonds. The molecule has 2 aromatic rings. The van der Waals surface area contributed by atoms with Gasteiger partial charge in [-0.1, -0.05) is 6.07 Å². The SMILES string of the molecule is CNc1cc(C(=O)NC(C)c2ccccn2)ccn1. The third-order valence-corrected chi connectivity index (χ3v) is 2.76. The van der Waals surface area contributed by atoms with E-state index in [9.17, 15) is 4.79 Å². The molecule has 0 bridgehead atoms. The lowest BCUT2D eigenvalue weighted by atomic mass is 10.2. The lowest BCUT2D eigenvalue weighted by Gasteiger charge is -2.13. The zero-order valence-corrected chi connectivity index (χ0v) is 10.9. The van der Waals surface area contributed by atoms with Crippen molar-refractivity contribution in [2.75, 3.05) is 12.4 Å². The Labute approximate surface area is 112 Å². The summed E-state index contributed by atoms with van der Waals surface area (Å²) in [5, 5.41) is 5.81. The predicted molar refractivity (Wildman–Crippen MR) is 73.9 cm³/mol. The molecule has 5 nitrogen and oxygen atoms in total. The lowest BCUT2D eigenvalue weighted by molar-refractivity contribution is 0.0939. The fourth-order valence-electron chi connectivity index (χ4n) is 1.69. The Hall–Kier alpha value is -2.43. The molecule has 0 radical (unpaired) electrons. The summed E-state index contributed by atoms with van der Waals surface area (Å²) in [5.74, 6) is 0.523. The molecular weight excluding hydrogens is 240 g/mol. The van der Waals surface area contributed by atoms with E-state index in [1.54, 1.807) is 31.6 Å². The number of aromatic nitrogens is 2. The van der Waals surface area contributed by atoms with Crippen LogP contribution in [-0.2, 0) is 0 Å². The number of carbonyl (C=O) groups excluding carboxylic acids is 1. The van der Waals surface area contributed by atoms with E-state index in [2.05, 4.69) is 20.6 Å².